The standard InChI is InChI=1S/C56H36N2/c1-3-15-37(16-4-1)52-45-21-9-10-22-46(45)53(38-17-5-2-6-18-38)56-48-33-32-42(44-24-13-25-47(54(44)48)55(52)56)36-28-30-40(31-29-36)58(51-27-11-12-34-57-51)50-26-14-23-43-41-20-8-7-19-39(41)35-49(43)50/h1-34H,35H2. The minimum Gasteiger partial charge on any atom is -0.295 e. The molecule has 10 aromatic rings. The SMILES string of the molecule is c1ccc(-c2c3c(c(-c4ccccc4)c4ccccc24)-c2ccc(-c4ccc(N(c5ccccn5)c5cccc6c5Cc5ccccc5-6)cc4)c4cccc-3c24)cc1. The van der Waals surface area contributed by atoms with Crippen molar-refractivity contribution in [3.05, 3.63) is 218 Å². The molecule has 58 heavy (non-hydrogen) atoms. The third-order valence-corrected chi connectivity index (χ3v) is 12.3. The topological polar surface area (TPSA) is 16.1 Å². The van der Waals surface area contributed by atoms with Crippen LogP contribution in [0.4, 0.5) is 17.2 Å². The lowest BCUT2D eigenvalue weighted by atomic mass is 9.82. The highest BCUT2D eigenvalue weighted by molar-refractivity contribution is 6.28. The van der Waals surface area contributed by atoms with E-state index < -0.39 is 0 Å². The van der Waals surface area contributed by atoms with Crippen molar-refractivity contribution >= 4 is 38.7 Å². The maximum absolute atomic E-state index is 4.88. The van der Waals surface area contributed by atoms with Crippen molar-refractivity contribution in [2.75, 3.05) is 4.90 Å². The average molecular weight is 737 g/mol. The van der Waals surface area contributed by atoms with Crippen LogP contribution in [0.2, 0.25) is 0 Å². The average Bonchev–Trinajstić information content (AvgIpc) is 3.84. The van der Waals surface area contributed by atoms with E-state index >= 15 is 0 Å². The van der Waals surface area contributed by atoms with Crippen LogP contribution < -0.4 is 4.90 Å². The van der Waals surface area contributed by atoms with Gasteiger partial charge in [0.15, 0.2) is 0 Å². The first-order chi connectivity index (χ1) is 28.8. The number of hydrogen-bond acceptors (Lipinski definition) is 2. The van der Waals surface area contributed by atoms with Gasteiger partial charge in [-0.05, 0) is 130 Å². The summed E-state index contributed by atoms with van der Waals surface area (Å²) in [5.41, 5.74) is 20.3. The van der Waals surface area contributed by atoms with Gasteiger partial charge in [-0.25, -0.2) is 4.98 Å². The normalized spacial score (nSPS) is 12.1. The Bertz CT molecular complexity index is 3130. The van der Waals surface area contributed by atoms with Crippen LogP contribution in [-0.4, -0.2) is 4.98 Å². The molecule has 0 amide bonds. The fourth-order valence-corrected chi connectivity index (χ4v) is 9.88. The van der Waals surface area contributed by atoms with Gasteiger partial charge in [0.25, 0.3) is 0 Å². The van der Waals surface area contributed by atoms with Gasteiger partial charge in [-0.15, -0.1) is 0 Å². The fraction of sp³-hybridized carbons (Fsp3) is 0.0179. The van der Waals surface area contributed by atoms with Crippen LogP contribution >= 0.6 is 0 Å². The van der Waals surface area contributed by atoms with Crippen LogP contribution in [0, 0.1) is 0 Å². The van der Waals surface area contributed by atoms with Crippen molar-refractivity contribution in [2.24, 2.45) is 0 Å². The van der Waals surface area contributed by atoms with E-state index in [0.717, 1.165) is 17.9 Å². The fourth-order valence-electron chi connectivity index (χ4n) is 9.88. The molecule has 2 aliphatic carbocycles. The van der Waals surface area contributed by atoms with E-state index in [2.05, 4.69) is 199 Å². The summed E-state index contributed by atoms with van der Waals surface area (Å²) in [4.78, 5) is 7.20. The molecule has 0 spiro atoms. The van der Waals surface area contributed by atoms with Crippen LogP contribution in [0.5, 0.6) is 0 Å². The summed E-state index contributed by atoms with van der Waals surface area (Å²) in [5, 5.41) is 5.13. The minimum absolute atomic E-state index is 0.901. The predicted molar refractivity (Wildman–Crippen MR) is 243 cm³/mol. The number of hydrogen-bond donors (Lipinski definition) is 0. The lowest BCUT2D eigenvalue weighted by Crippen LogP contribution is -2.13. The predicted octanol–water partition coefficient (Wildman–Crippen LogP) is 15.1. The molecule has 0 aliphatic heterocycles. The first-order valence-corrected chi connectivity index (χ1v) is 20.1. The van der Waals surface area contributed by atoms with Crippen molar-refractivity contribution in [3.63, 3.8) is 0 Å². The van der Waals surface area contributed by atoms with Gasteiger partial charge in [-0.2, -0.15) is 0 Å². The Morgan fingerprint density at radius 1 is 0.362 bits per heavy atom. The lowest BCUT2D eigenvalue weighted by molar-refractivity contribution is 1.15. The molecule has 0 N–H and O–H groups in total. The number of anilines is 3. The summed E-state index contributed by atoms with van der Waals surface area (Å²) >= 11 is 0. The van der Waals surface area contributed by atoms with E-state index in [9.17, 15) is 0 Å². The van der Waals surface area contributed by atoms with Crippen molar-refractivity contribution in [2.45, 2.75) is 6.42 Å². The van der Waals surface area contributed by atoms with Gasteiger partial charge in [0.1, 0.15) is 5.82 Å². The van der Waals surface area contributed by atoms with E-state index in [1.165, 1.54) is 105 Å². The second-order valence-corrected chi connectivity index (χ2v) is 15.4. The minimum atomic E-state index is 0.901. The first-order valence-electron chi connectivity index (χ1n) is 20.1. The van der Waals surface area contributed by atoms with E-state index in [-0.39, 0.29) is 0 Å². The van der Waals surface area contributed by atoms with Crippen LogP contribution in [0.1, 0.15) is 11.1 Å². The highest BCUT2D eigenvalue weighted by Crippen LogP contribution is 2.58. The van der Waals surface area contributed by atoms with Gasteiger partial charge in [0.05, 0.1) is 5.69 Å². The van der Waals surface area contributed by atoms with Crippen LogP contribution in [-0.2, 0) is 6.42 Å². The Balaban J connectivity index is 1.04. The second kappa shape index (κ2) is 13.0. The molecular formula is C56H36N2. The number of fused-ring (bicyclic) bond motifs is 7. The molecule has 1 aromatic heterocycles. The first kappa shape index (κ1) is 32.7. The van der Waals surface area contributed by atoms with Crippen LogP contribution in [0.25, 0.3) is 88.3 Å². The van der Waals surface area contributed by atoms with E-state index in [0.29, 0.717) is 0 Å². The maximum atomic E-state index is 4.88. The molecule has 0 saturated carbocycles. The number of nitrogens with zero attached hydrogens (tertiary/aromatic N) is 2. The quantitative estimate of drug-likeness (QED) is 0.169. The molecule has 0 unspecified atom stereocenters. The van der Waals surface area contributed by atoms with Gasteiger partial charge < -0.3 is 0 Å². The number of rotatable bonds is 6. The Kier molecular flexibility index (Phi) is 7.33. The molecule has 0 bridgehead atoms. The summed E-state index contributed by atoms with van der Waals surface area (Å²) in [5.74, 6) is 0.901. The molecule has 0 atom stereocenters. The third-order valence-electron chi connectivity index (χ3n) is 12.3. The molecule has 2 nitrogen and oxygen atoms in total. The van der Waals surface area contributed by atoms with Crippen LogP contribution in [0.3, 0.4) is 0 Å². The van der Waals surface area contributed by atoms with Crippen molar-refractivity contribution in [3.8, 4) is 66.8 Å². The van der Waals surface area contributed by atoms with Gasteiger partial charge >= 0.3 is 0 Å². The van der Waals surface area contributed by atoms with Crippen LogP contribution in [0.15, 0.2) is 206 Å². The molecule has 12 rings (SSSR count). The number of aromatic nitrogens is 1. The third kappa shape index (κ3) is 4.88. The molecule has 0 radical (unpaired) electrons. The van der Waals surface area contributed by atoms with Crippen molar-refractivity contribution < 1.29 is 0 Å². The van der Waals surface area contributed by atoms with E-state index in [4.69, 9.17) is 4.98 Å². The molecule has 2 heteroatoms. The summed E-state index contributed by atoms with van der Waals surface area (Å²) in [6, 6.07) is 73.2. The summed E-state index contributed by atoms with van der Waals surface area (Å²) < 4.78 is 0. The van der Waals surface area contributed by atoms with E-state index in [1.807, 2.05) is 12.3 Å². The number of pyridine rings is 1. The highest BCUT2D eigenvalue weighted by Gasteiger charge is 2.31. The largest absolute Gasteiger partial charge is 0.295 e. The zero-order valence-electron chi connectivity index (χ0n) is 31.7. The highest BCUT2D eigenvalue weighted by atomic mass is 15.2. The van der Waals surface area contributed by atoms with Crippen molar-refractivity contribution in [1.82, 2.24) is 4.98 Å². The number of benzene rings is 9. The molecule has 9 aromatic carbocycles. The van der Waals surface area contributed by atoms with Gasteiger partial charge in [-0.1, -0.05) is 170 Å². The molecule has 0 saturated heterocycles. The monoisotopic (exact) mass is 736 g/mol. The Morgan fingerprint density at radius 3 is 1.64 bits per heavy atom. The maximum Gasteiger partial charge on any atom is 0.137 e. The second-order valence-electron chi connectivity index (χ2n) is 15.4. The summed E-state index contributed by atoms with van der Waals surface area (Å²) in [7, 11) is 0. The lowest BCUT2D eigenvalue weighted by Gasteiger charge is -2.27. The molecule has 2 aliphatic rings. The summed E-state index contributed by atoms with van der Waals surface area (Å²) in [6.45, 7) is 0. The summed E-state index contributed by atoms with van der Waals surface area (Å²) in [6.07, 6.45) is 2.79. The Hall–Kier alpha value is -7.55. The molecule has 0 fully saturated rings. The zero-order chi connectivity index (χ0) is 38.2. The van der Waals surface area contributed by atoms with Gasteiger partial charge in [-0.3, -0.25) is 4.90 Å². The molecular weight excluding hydrogens is 701 g/mol. The Labute approximate surface area is 338 Å². The van der Waals surface area contributed by atoms with Gasteiger partial charge in [0.2, 0.25) is 0 Å². The zero-order valence-corrected chi connectivity index (χ0v) is 31.7. The smallest absolute Gasteiger partial charge is 0.137 e. The molecule has 1 heterocycles. The van der Waals surface area contributed by atoms with Crippen molar-refractivity contribution in [1.29, 1.82) is 0 Å². The molecule has 270 valence electrons. The van der Waals surface area contributed by atoms with E-state index in [1.54, 1.807) is 0 Å². The van der Waals surface area contributed by atoms with Gasteiger partial charge in [0, 0.05) is 18.3 Å². The Morgan fingerprint density at radius 2 is 0.931 bits per heavy atom.